The topological polar surface area (TPSA) is 12.9 Å². The monoisotopic (exact) mass is 367 g/mol. The van der Waals surface area contributed by atoms with E-state index in [1.807, 2.05) is 28.9 Å². The van der Waals surface area contributed by atoms with E-state index in [1.165, 1.54) is 45.9 Å². The molecular formula is C23H13NS2. The Morgan fingerprint density at radius 2 is 1.27 bits per heavy atom. The zero-order valence-corrected chi connectivity index (χ0v) is 15.4. The summed E-state index contributed by atoms with van der Waals surface area (Å²) in [7, 11) is 0. The summed E-state index contributed by atoms with van der Waals surface area (Å²) in [6.45, 7) is 0. The smallest absolute Gasteiger partial charge is 0.0730 e. The number of benzene rings is 3. The van der Waals surface area contributed by atoms with Crippen molar-refractivity contribution >= 4 is 63.0 Å². The fraction of sp³-hybridized carbons (Fsp3) is 0. The van der Waals surface area contributed by atoms with E-state index in [1.54, 1.807) is 0 Å². The molecule has 6 rings (SSSR count). The van der Waals surface area contributed by atoms with Gasteiger partial charge >= 0.3 is 0 Å². The molecule has 0 fully saturated rings. The Morgan fingerprint density at radius 3 is 2.12 bits per heavy atom. The Balaban J connectivity index is 1.66. The fourth-order valence-electron chi connectivity index (χ4n) is 3.72. The van der Waals surface area contributed by atoms with E-state index < -0.39 is 0 Å². The van der Waals surface area contributed by atoms with Gasteiger partial charge in [-0.3, -0.25) is 4.98 Å². The second-order valence-electron chi connectivity index (χ2n) is 6.44. The molecule has 0 unspecified atom stereocenters. The van der Waals surface area contributed by atoms with E-state index in [9.17, 15) is 0 Å². The van der Waals surface area contributed by atoms with Gasteiger partial charge in [-0.1, -0.05) is 54.6 Å². The lowest BCUT2D eigenvalue weighted by molar-refractivity contribution is 1.37. The van der Waals surface area contributed by atoms with Crippen LogP contribution in [0, 0.1) is 0 Å². The van der Waals surface area contributed by atoms with Gasteiger partial charge in [0.05, 0.1) is 5.69 Å². The van der Waals surface area contributed by atoms with E-state index in [-0.39, 0.29) is 0 Å². The molecule has 122 valence electrons. The third kappa shape index (κ3) is 1.99. The van der Waals surface area contributed by atoms with Crippen LogP contribution in [0.3, 0.4) is 0 Å². The van der Waals surface area contributed by atoms with Crippen molar-refractivity contribution in [2.75, 3.05) is 0 Å². The number of hydrogen-bond acceptors (Lipinski definition) is 3. The number of pyridine rings is 1. The van der Waals surface area contributed by atoms with Crippen molar-refractivity contribution < 1.29 is 0 Å². The van der Waals surface area contributed by atoms with Crippen LogP contribution in [-0.2, 0) is 0 Å². The standard InChI is InChI=1S/C23H13NS2/c1-4-11-21-14(6-1)16-8-5-9-17(23(16)26-21)19-12-22-18(13-24-19)15-7-2-3-10-20(15)25-22/h1-13H. The number of nitrogens with zero attached hydrogens (tertiary/aromatic N) is 1. The molecule has 0 aliphatic carbocycles. The number of aromatic nitrogens is 1. The summed E-state index contributed by atoms with van der Waals surface area (Å²) >= 11 is 3.70. The van der Waals surface area contributed by atoms with Crippen LogP contribution in [0.25, 0.3) is 51.6 Å². The molecule has 0 saturated heterocycles. The Labute approximate surface area is 158 Å². The van der Waals surface area contributed by atoms with Gasteiger partial charge in [0, 0.05) is 52.1 Å². The summed E-state index contributed by atoms with van der Waals surface area (Å²) in [5.74, 6) is 0. The van der Waals surface area contributed by atoms with Gasteiger partial charge in [-0.2, -0.15) is 0 Å². The highest BCUT2D eigenvalue weighted by Crippen LogP contribution is 2.41. The van der Waals surface area contributed by atoms with Gasteiger partial charge in [0.25, 0.3) is 0 Å². The maximum absolute atomic E-state index is 4.83. The van der Waals surface area contributed by atoms with Gasteiger partial charge in [-0.15, -0.1) is 22.7 Å². The van der Waals surface area contributed by atoms with Crippen molar-refractivity contribution in [1.82, 2.24) is 4.98 Å². The number of thiophene rings is 2. The molecule has 0 aliphatic heterocycles. The van der Waals surface area contributed by atoms with Crippen LogP contribution in [0.15, 0.2) is 79.0 Å². The zero-order valence-electron chi connectivity index (χ0n) is 13.8. The number of rotatable bonds is 1. The van der Waals surface area contributed by atoms with E-state index in [0.717, 1.165) is 5.69 Å². The second kappa shape index (κ2) is 5.37. The predicted octanol–water partition coefficient (Wildman–Crippen LogP) is 7.48. The van der Waals surface area contributed by atoms with Crippen molar-refractivity contribution in [3.05, 3.63) is 79.0 Å². The van der Waals surface area contributed by atoms with E-state index >= 15 is 0 Å². The normalized spacial score (nSPS) is 11.8. The van der Waals surface area contributed by atoms with Crippen LogP contribution < -0.4 is 0 Å². The second-order valence-corrected chi connectivity index (χ2v) is 8.58. The zero-order chi connectivity index (χ0) is 17.1. The highest BCUT2D eigenvalue weighted by atomic mass is 32.1. The van der Waals surface area contributed by atoms with Crippen molar-refractivity contribution in [3.8, 4) is 11.3 Å². The van der Waals surface area contributed by atoms with E-state index in [0.29, 0.717) is 0 Å². The van der Waals surface area contributed by atoms with Gasteiger partial charge in [0.1, 0.15) is 0 Å². The molecule has 0 atom stereocenters. The SMILES string of the molecule is c1ccc2c(c1)sc1cc(-c3cccc4c3sc3ccccc34)ncc12. The Hall–Kier alpha value is -2.75. The first-order chi connectivity index (χ1) is 12.9. The summed E-state index contributed by atoms with van der Waals surface area (Å²) in [6.07, 6.45) is 2.04. The molecule has 0 amide bonds. The summed E-state index contributed by atoms with van der Waals surface area (Å²) in [6, 6.07) is 26.0. The number of fused-ring (bicyclic) bond motifs is 6. The quantitative estimate of drug-likeness (QED) is 0.293. The molecule has 3 aromatic carbocycles. The van der Waals surface area contributed by atoms with Crippen LogP contribution in [-0.4, -0.2) is 4.98 Å². The fourth-order valence-corrected chi connectivity index (χ4v) is 6.06. The lowest BCUT2D eigenvalue weighted by atomic mass is 10.1. The molecule has 0 aliphatic rings. The molecular weight excluding hydrogens is 354 g/mol. The highest BCUT2D eigenvalue weighted by Gasteiger charge is 2.12. The first-order valence-corrected chi connectivity index (χ1v) is 10.2. The van der Waals surface area contributed by atoms with E-state index in [2.05, 4.69) is 72.8 Å². The molecule has 3 aromatic heterocycles. The maximum Gasteiger partial charge on any atom is 0.0730 e. The van der Waals surface area contributed by atoms with Gasteiger partial charge in [-0.05, 0) is 18.2 Å². The van der Waals surface area contributed by atoms with Gasteiger partial charge in [-0.25, -0.2) is 0 Å². The third-order valence-corrected chi connectivity index (χ3v) is 7.30. The largest absolute Gasteiger partial charge is 0.255 e. The molecule has 26 heavy (non-hydrogen) atoms. The van der Waals surface area contributed by atoms with Crippen molar-refractivity contribution in [2.24, 2.45) is 0 Å². The first-order valence-electron chi connectivity index (χ1n) is 8.56. The Morgan fingerprint density at radius 1 is 0.577 bits per heavy atom. The Kier molecular flexibility index (Phi) is 2.98. The summed E-state index contributed by atoms with van der Waals surface area (Å²) in [5.41, 5.74) is 2.28. The molecule has 3 heteroatoms. The average molecular weight is 367 g/mol. The lowest BCUT2D eigenvalue weighted by Gasteiger charge is -2.03. The molecule has 0 bridgehead atoms. The maximum atomic E-state index is 4.83. The van der Waals surface area contributed by atoms with Crippen LogP contribution in [0.5, 0.6) is 0 Å². The molecule has 0 spiro atoms. The van der Waals surface area contributed by atoms with Crippen LogP contribution in [0.2, 0.25) is 0 Å². The summed E-state index contributed by atoms with van der Waals surface area (Å²) in [4.78, 5) is 4.83. The third-order valence-electron chi connectivity index (χ3n) is 4.94. The lowest BCUT2D eigenvalue weighted by Crippen LogP contribution is -1.82. The van der Waals surface area contributed by atoms with Gasteiger partial charge in [0.2, 0.25) is 0 Å². The van der Waals surface area contributed by atoms with E-state index in [4.69, 9.17) is 4.98 Å². The molecule has 1 nitrogen and oxygen atoms in total. The van der Waals surface area contributed by atoms with Crippen LogP contribution in [0.1, 0.15) is 0 Å². The summed E-state index contributed by atoms with van der Waals surface area (Å²) in [5, 5.41) is 5.20. The molecule has 0 N–H and O–H groups in total. The highest BCUT2D eigenvalue weighted by molar-refractivity contribution is 7.26. The predicted molar refractivity (Wildman–Crippen MR) is 115 cm³/mol. The van der Waals surface area contributed by atoms with Gasteiger partial charge < -0.3 is 0 Å². The molecule has 0 radical (unpaired) electrons. The molecule has 0 saturated carbocycles. The molecule has 6 aromatic rings. The summed E-state index contributed by atoms with van der Waals surface area (Å²) < 4.78 is 5.27. The van der Waals surface area contributed by atoms with Crippen LogP contribution in [0.4, 0.5) is 0 Å². The minimum absolute atomic E-state index is 1.06. The minimum atomic E-state index is 1.06. The number of hydrogen-bond donors (Lipinski definition) is 0. The minimum Gasteiger partial charge on any atom is -0.255 e. The first kappa shape index (κ1) is 14.4. The van der Waals surface area contributed by atoms with Crippen molar-refractivity contribution in [1.29, 1.82) is 0 Å². The average Bonchev–Trinajstić information content (AvgIpc) is 3.25. The van der Waals surface area contributed by atoms with Crippen molar-refractivity contribution in [2.45, 2.75) is 0 Å². The van der Waals surface area contributed by atoms with Gasteiger partial charge in [0.15, 0.2) is 0 Å². The van der Waals surface area contributed by atoms with Crippen molar-refractivity contribution in [3.63, 3.8) is 0 Å². The Bertz CT molecular complexity index is 1440. The molecule has 3 heterocycles. The van der Waals surface area contributed by atoms with Crippen LogP contribution >= 0.6 is 22.7 Å².